The van der Waals surface area contributed by atoms with Gasteiger partial charge < -0.3 is 4.84 Å². The summed E-state index contributed by atoms with van der Waals surface area (Å²) in [6.07, 6.45) is 1.28. The molecule has 0 amide bonds. The molecule has 1 rings (SSSR count). The number of rotatable bonds is 0. The minimum atomic E-state index is 1.05. The molecule has 1 aliphatic heterocycles. The van der Waals surface area contributed by atoms with Gasteiger partial charge in [-0.15, -0.1) is 0 Å². The average molecular weight is 89.1 g/mol. The monoisotopic (exact) mass is 89.0 g/mol. The highest BCUT2D eigenvalue weighted by atomic mass is 32.2. The number of hydrogen-bond donors (Lipinski definition) is 0. The molecule has 0 fully saturated rings. The molecule has 3 nitrogen and oxygen atoms in total. The first-order valence-electron chi connectivity index (χ1n) is 1.04. The quantitative estimate of drug-likeness (QED) is 0.395. The van der Waals surface area contributed by atoms with Crippen LogP contribution in [0.4, 0.5) is 0 Å². The Morgan fingerprint density at radius 1 is 1.80 bits per heavy atom. The molecule has 1 radical (unpaired) electrons. The lowest BCUT2D eigenvalue weighted by molar-refractivity contribution is 0.286. The molecule has 0 unspecified atom stereocenters. The zero-order chi connectivity index (χ0) is 3.54. The fraction of sp³-hybridized carbons (Fsp3) is 0. The van der Waals surface area contributed by atoms with E-state index in [9.17, 15) is 0 Å². The van der Waals surface area contributed by atoms with Crippen molar-refractivity contribution in [2.24, 2.45) is 4.40 Å². The molecule has 0 saturated carbocycles. The summed E-state index contributed by atoms with van der Waals surface area (Å²) in [6.45, 7) is 0. The number of nitrogens with zero attached hydrogens (tertiary/aromatic N) is 2. The van der Waals surface area contributed by atoms with Gasteiger partial charge >= 0.3 is 0 Å². The smallest absolute Gasteiger partial charge is 0.212 e. The van der Waals surface area contributed by atoms with Gasteiger partial charge in [0, 0.05) is 0 Å². The third kappa shape index (κ3) is 0.524. The summed E-state index contributed by atoms with van der Waals surface area (Å²) in [5.41, 5.74) is 0. The fourth-order valence-corrected chi connectivity index (χ4v) is 0.289. The number of hydrogen-bond acceptors (Lipinski definition) is 3. The van der Waals surface area contributed by atoms with E-state index >= 15 is 0 Å². The molecule has 0 N–H and O–H groups in total. The first kappa shape index (κ1) is 2.99. The van der Waals surface area contributed by atoms with Crippen LogP contribution in [0.15, 0.2) is 4.40 Å². The third-order valence-corrected chi connectivity index (χ3v) is 0.547. The van der Waals surface area contributed by atoms with Crippen molar-refractivity contribution in [3.8, 4) is 0 Å². The highest BCUT2D eigenvalue weighted by Gasteiger charge is 1.88. The Kier molecular flexibility index (Phi) is 0.764. The first-order chi connectivity index (χ1) is 2.50. The molecule has 0 atom stereocenters. The molecule has 0 aromatic heterocycles. The van der Waals surface area contributed by atoms with Crippen molar-refractivity contribution in [2.45, 2.75) is 0 Å². The molecule has 27 valence electrons. The third-order valence-electron chi connectivity index (χ3n) is 0.214. The molecule has 0 aliphatic carbocycles. The molecular formula is CHN2OS. The summed E-state index contributed by atoms with van der Waals surface area (Å²) in [5.74, 6) is 0. The van der Waals surface area contributed by atoms with Crippen molar-refractivity contribution >= 4 is 18.5 Å². The second kappa shape index (κ2) is 1.28. The van der Waals surface area contributed by atoms with Crippen molar-refractivity contribution in [1.29, 1.82) is 0 Å². The average Bonchev–Trinajstić information content (AvgIpc) is 1.76. The van der Waals surface area contributed by atoms with Gasteiger partial charge in [0.25, 0.3) is 0 Å². The van der Waals surface area contributed by atoms with Crippen molar-refractivity contribution < 1.29 is 4.84 Å². The summed E-state index contributed by atoms with van der Waals surface area (Å²) in [5, 5.41) is 0. The van der Waals surface area contributed by atoms with Crippen molar-refractivity contribution in [3.05, 3.63) is 0 Å². The standard InChI is InChI=1S/CHN2OS/c1-2-5-3-4-1/h1H. The molecular weight excluding hydrogens is 88.1 g/mol. The van der Waals surface area contributed by atoms with E-state index in [0.717, 1.165) is 12.1 Å². The van der Waals surface area contributed by atoms with Gasteiger partial charge in [0.05, 0.1) is 4.89 Å². The van der Waals surface area contributed by atoms with E-state index in [1.165, 1.54) is 6.40 Å². The Bertz CT molecular complexity index is 47.6. The van der Waals surface area contributed by atoms with Crippen LogP contribution >= 0.6 is 12.1 Å². The van der Waals surface area contributed by atoms with E-state index < -0.39 is 0 Å². The van der Waals surface area contributed by atoms with Crippen LogP contribution in [0.3, 0.4) is 0 Å². The van der Waals surface area contributed by atoms with E-state index in [-0.39, 0.29) is 0 Å². The van der Waals surface area contributed by atoms with Crippen LogP contribution in [0, 0.1) is 0 Å². The van der Waals surface area contributed by atoms with E-state index in [1.54, 1.807) is 0 Å². The van der Waals surface area contributed by atoms with Crippen LogP contribution in [0.1, 0.15) is 0 Å². The summed E-state index contributed by atoms with van der Waals surface area (Å²) >= 11 is 1.05. The minimum Gasteiger partial charge on any atom is -0.361 e. The molecule has 5 heavy (non-hydrogen) atoms. The van der Waals surface area contributed by atoms with Gasteiger partial charge in [-0.05, 0) is 0 Å². The Labute approximate surface area is 33.6 Å². The molecule has 0 aromatic carbocycles. The largest absolute Gasteiger partial charge is 0.361 e. The molecule has 1 heterocycles. The van der Waals surface area contributed by atoms with E-state index in [4.69, 9.17) is 0 Å². The second-order valence-corrected chi connectivity index (χ2v) is 0.996. The van der Waals surface area contributed by atoms with E-state index in [1.807, 2.05) is 0 Å². The van der Waals surface area contributed by atoms with Crippen LogP contribution in [-0.2, 0) is 4.84 Å². The molecule has 0 aromatic rings. The van der Waals surface area contributed by atoms with Gasteiger partial charge in [-0.3, -0.25) is 0 Å². The van der Waals surface area contributed by atoms with Crippen molar-refractivity contribution in [2.75, 3.05) is 0 Å². The first-order valence-corrected chi connectivity index (χ1v) is 1.77. The minimum absolute atomic E-state index is 1.05. The Hall–Kier alpha value is -0.220. The summed E-state index contributed by atoms with van der Waals surface area (Å²) in [6, 6.07) is 0. The molecule has 4 heteroatoms. The van der Waals surface area contributed by atoms with Gasteiger partial charge in [-0.25, -0.2) is 0 Å². The summed E-state index contributed by atoms with van der Waals surface area (Å²) in [4.78, 5) is 7.52. The maximum absolute atomic E-state index is 4.24. The SMILES string of the molecule is C1=NS[N]O1. The predicted molar refractivity (Wildman–Crippen MR) is 19.3 cm³/mol. The summed E-state index contributed by atoms with van der Waals surface area (Å²) in [7, 11) is 0. The van der Waals surface area contributed by atoms with Crippen molar-refractivity contribution in [1.82, 2.24) is 4.89 Å². The van der Waals surface area contributed by atoms with Crippen molar-refractivity contribution in [3.63, 3.8) is 0 Å². The van der Waals surface area contributed by atoms with E-state index in [2.05, 4.69) is 14.1 Å². The Balaban J connectivity index is 2.32. The van der Waals surface area contributed by atoms with Crippen LogP contribution in [0.5, 0.6) is 0 Å². The molecule has 0 bridgehead atoms. The molecule has 0 spiro atoms. The second-order valence-electron chi connectivity index (χ2n) is 0.472. The fourth-order valence-electron chi connectivity index (χ4n) is 0.0962. The maximum Gasteiger partial charge on any atom is 0.212 e. The zero-order valence-electron chi connectivity index (χ0n) is 2.29. The van der Waals surface area contributed by atoms with Crippen LogP contribution < -0.4 is 4.89 Å². The summed E-state index contributed by atoms with van der Waals surface area (Å²) < 4.78 is 3.49. The highest BCUT2D eigenvalue weighted by Crippen LogP contribution is 1.99. The normalized spacial score (nSPS) is 19.2. The lowest BCUT2D eigenvalue weighted by Crippen LogP contribution is -1.81. The highest BCUT2D eigenvalue weighted by molar-refractivity contribution is 7.96. The van der Waals surface area contributed by atoms with Gasteiger partial charge in [-0.2, -0.15) is 4.40 Å². The molecule has 1 aliphatic rings. The van der Waals surface area contributed by atoms with Gasteiger partial charge in [-0.1, -0.05) is 0 Å². The van der Waals surface area contributed by atoms with Crippen LogP contribution in [0.2, 0.25) is 0 Å². The van der Waals surface area contributed by atoms with E-state index in [0.29, 0.717) is 0 Å². The zero-order valence-corrected chi connectivity index (χ0v) is 3.10. The lowest BCUT2D eigenvalue weighted by Gasteiger charge is -1.71. The maximum atomic E-state index is 4.24. The Morgan fingerprint density at radius 3 is 3.00 bits per heavy atom. The van der Waals surface area contributed by atoms with Crippen LogP contribution in [0.25, 0.3) is 0 Å². The van der Waals surface area contributed by atoms with Crippen LogP contribution in [-0.4, -0.2) is 6.40 Å². The topological polar surface area (TPSA) is 35.7 Å². The van der Waals surface area contributed by atoms with Gasteiger partial charge in [0.15, 0.2) is 0 Å². The lowest BCUT2D eigenvalue weighted by atomic mass is 11.6. The van der Waals surface area contributed by atoms with Gasteiger partial charge in [0.2, 0.25) is 6.40 Å². The Morgan fingerprint density at radius 2 is 2.80 bits per heavy atom. The molecule has 0 saturated heterocycles. The van der Waals surface area contributed by atoms with Gasteiger partial charge in [0.1, 0.15) is 12.1 Å². The predicted octanol–water partition coefficient (Wildman–Crippen LogP) is 0.127.